The quantitative estimate of drug-likeness (QED) is 0.833. The fraction of sp³-hybridized carbons (Fsp3) is 0.692. The Labute approximate surface area is 108 Å². The second-order valence-electron chi connectivity index (χ2n) is 4.91. The van der Waals surface area contributed by atoms with E-state index in [2.05, 4.69) is 22.2 Å². The van der Waals surface area contributed by atoms with Crippen LogP contribution in [0.5, 0.6) is 0 Å². The Morgan fingerprint density at radius 1 is 1.41 bits per heavy atom. The first-order valence-electron chi connectivity index (χ1n) is 6.45. The minimum atomic E-state index is 0.517. The van der Waals surface area contributed by atoms with Gasteiger partial charge in [0.15, 0.2) is 0 Å². The van der Waals surface area contributed by atoms with Gasteiger partial charge in [-0.15, -0.1) is 0 Å². The van der Waals surface area contributed by atoms with E-state index in [4.69, 9.17) is 11.6 Å². The molecule has 1 fully saturated rings. The van der Waals surface area contributed by atoms with Crippen LogP contribution in [0.3, 0.4) is 0 Å². The predicted octanol–water partition coefficient (Wildman–Crippen LogP) is 3.82. The van der Waals surface area contributed by atoms with Crippen molar-refractivity contribution in [1.29, 1.82) is 0 Å². The highest BCUT2D eigenvalue weighted by Crippen LogP contribution is 2.28. The largest absolute Gasteiger partial charge is 0.367 e. The van der Waals surface area contributed by atoms with Gasteiger partial charge in [-0.05, 0) is 25.7 Å². The monoisotopic (exact) mass is 253 g/mol. The van der Waals surface area contributed by atoms with E-state index in [0.29, 0.717) is 11.2 Å². The van der Waals surface area contributed by atoms with Crippen LogP contribution in [-0.2, 0) is 0 Å². The third-order valence-corrected chi connectivity index (χ3v) is 3.71. The third kappa shape index (κ3) is 3.56. The summed E-state index contributed by atoms with van der Waals surface area (Å²) in [6, 6.07) is 2.35. The van der Waals surface area contributed by atoms with E-state index in [1.807, 2.05) is 13.0 Å². The van der Waals surface area contributed by atoms with Crippen LogP contribution in [0.1, 0.15) is 44.9 Å². The molecular weight excluding hydrogens is 234 g/mol. The molecular formula is C13H20ClN3. The Hall–Kier alpha value is -0.830. The molecule has 0 spiro atoms. The Balaban J connectivity index is 2.00. The fourth-order valence-corrected chi connectivity index (χ4v) is 2.83. The van der Waals surface area contributed by atoms with Crippen molar-refractivity contribution < 1.29 is 0 Å². The van der Waals surface area contributed by atoms with Gasteiger partial charge in [0.1, 0.15) is 16.8 Å². The van der Waals surface area contributed by atoms with Gasteiger partial charge in [-0.25, -0.2) is 9.97 Å². The van der Waals surface area contributed by atoms with E-state index in [1.165, 1.54) is 32.1 Å². The van der Waals surface area contributed by atoms with Crippen molar-refractivity contribution in [2.75, 3.05) is 5.32 Å². The average molecular weight is 254 g/mol. The lowest BCUT2D eigenvalue weighted by atomic mass is 9.84. The molecule has 17 heavy (non-hydrogen) atoms. The molecule has 2 rings (SSSR count). The van der Waals surface area contributed by atoms with Gasteiger partial charge in [-0.1, -0.05) is 37.8 Å². The molecule has 0 bridgehead atoms. The average Bonchev–Trinajstić information content (AvgIpc) is 2.28. The van der Waals surface area contributed by atoms with E-state index < -0.39 is 0 Å². The molecule has 0 amide bonds. The number of anilines is 1. The number of aromatic nitrogens is 2. The predicted molar refractivity (Wildman–Crippen MR) is 71.4 cm³/mol. The van der Waals surface area contributed by atoms with Crippen molar-refractivity contribution in [2.45, 2.75) is 52.0 Å². The molecule has 1 aromatic rings. The number of nitrogens with one attached hydrogen (secondary N) is 1. The van der Waals surface area contributed by atoms with E-state index in [1.54, 1.807) is 0 Å². The molecule has 1 N–H and O–H groups in total. The Bertz CT molecular complexity index is 361. The van der Waals surface area contributed by atoms with Gasteiger partial charge in [0.2, 0.25) is 0 Å². The van der Waals surface area contributed by atoms with Crippen molar-refractivity contribution in [3.63, 3.8) is 0 Å². The summed E-state index contributed by atoms with van der Waals surface area (Å²) in [7, 11) is 0. The number of hydrogen-bond acceptors (Lipinski definition) is 3. The molecule has 1 aliphatic rings. The van der Waals surface area contributed by atoms with Gasteiger partial charge in [-0.2, -0.15) is 0 Å². The van der Waals surface area contributed by atoms with E-state index in [9.17, 15) is 0 Å². The Morgan fingerprint density at radius 3 is 2.94 bits per heavy atom. The topological polar surface area (TPSA) is 37.8 Å². The van der Waals surface area contributed by atoms with Crippen LogP contribution in [0.25, 0.3) is 0 Å². The Kier molecular flexibility index (Phi) is 4.21. The van der Waals surface area contributed by atoms with Gasteiger partial charge in [-0.3, -0.25) is 0 Å². The summed E-state index contributed by atoms with van der Waals surface area (Å²) in [5, 5.41) is 4.01. The number of aryl methyl sites for hydroxylation is 1. The minimum Gasteiger partial charge on any atom is -0.367 e. The van der Waals surface area contributed by atoms with Crippen molar-refractivity contribution in [2.24, 2.45) is 5.92 Å². The van der Waals surface area contributed by atoms with Gasteiger partial charge in [0, 0.05) is 12.1 Å². The summed E-state index contributed by atoms with van der Waals surface area (Å²) >= 11 is 5.93. The SMILES string of the molecule is CCC1CCCC(Nc2cc(Cl)nc(C)n2)C1. The van der Waals surface area contributed by atoms with E-state index in [0.717, 1.165) is 17.6 Å². The lowest BCUT2D eigenvalue weighted by Crippen LogP contribution is -2.27. The standard InChI is InChI=1S/C13H20ClN3/c1-3-10-5-4-6-11(7-10)17-13-8-12(14)15-9(2)16-13/h8,10-11H,3-7H2,1-2H3,(H,15,16,17). The smallest absolute Gasteiger partial charge is 0.134 e. The molecule has 0 aliphatic heterocycles. The zero-order valence-electron chi connectivity index (χ0n) is 10.5. The first-order chi connectivity index (χ1) is 8.17. The van der Waals surface area contributed by atoms with Crippen molar-refractivity contribution in [3.05, 3.63) is 17.0 Å². The maximum Gasteiger partial charge on any atom is 0.134 e. The molecule has 2 unspecified atom stereocenters. The minimum absolute atomic E-state index is 0.517. The molecule has 4 heteroatoms. The molecule has 94 valence electrons. The van der Waals surface area contributed by atoms with Crippen LogP contribution in [0, 0.1) is 12.8 Å². The molecule has 2 atom stereocenters. The summed E-state index contributed by atoms with van der Waals surface area (Å²) in [6.45, 7) is 4.14. The normalized spacial score (nSPS) is 24.6. The molecule has 1 aliphatic carbocycles. The fourth-order valence-electron chi connectivity index (χ4n) is 2.61. The zero-order valence-corrected chi connectivity index (χ0v) is 11.3. The third-order valence-electron chi connectivity index (χ3n) is 3.52. The summed E-state index contributed by atoms with van der Waals surface area (Å²) in [6.07, 6.45) is 6.45. The van der Waals surface area contributed by atoms with Crippen molar-refractivity contribution in [3.8, 4) is 0 Å². The molecule has 3 nitrogen and oxygen atoms in total. The van der Waals surface area contributed by atoms with E-state index in [-0.39, 0.29) is 0 Å². The molecule has 1 aromatic heterocycles. The molecule has 0 radical (unpaired) electrons. The number of hydrogen-bond donors (Lipinski definition) is 1. The van der Waals surface area contributed by atoms with Gasteiger partial charge in [0.05, 0.1) is 0 Å². The Morgan fingerprint density at radius 2 is 2.24 bits per heavy atom. The lowest BCUT2D eigenvalue weighted by molar-refractivity contribution is 0.327. The molecule has 0 saturated heterocycles. The van der Waals surface area contributed by atoms with Crippen LogP contribution in [0.4, 0.5) is 5.82 Å². The zero-order chi connectivity index (χ0) is 12.3. The van der Waals surface area contributed by atoms with Crippen LogP contribution in [0.2, 0.25) is 5.15 Å². The maximum atomic E-state index is 5.93. The number of rotatable bonds is 3. The maximum absolute atomic E-state index is 5.93. The van der Waals surface area contributed by atoms with Crippen LogP contribution < -0.4 is 5.32 Å². The van der Waals surface area contributed by atoms with E-state index >= 15 is 0 Å². The first kappa shape index (κ1) is 12.6. The summed E-state index contributed by atoms with van der Waals surface area (Å²) in [4.78, 5) is 8.45. The number of halogens is 1. The highest BCUT2D eigenvalue weighted by molar-refractivity contribution is 6.29. The number of nitrogens with zero attached hydrogens (tertiary/aromatic N) is 2. The highest BCUT2D eigenvalue weighted by atomic mass is 35.5. The first-order valence-corrected chi connectivity index (χ1v) is 6.83. The van der Waals surface area contributed by atoms with Crippen molar-refractivity contribution >= 4 is 17.4 Å². The summed E-state index contributed by atoms with van der Waals surface area (Å²) in [5.74, 6) is 2.45. The second kappa shape index (κ2) is 5.67. The van der Waals surface area contributed by atoms with Crippen molar-refractivity contribution in [1.82, 2.24) is 9.97 Å². The van der Waals surface area contributed by atoms with Crippen LogP contribution >= 0.6 is 11.6 Å². The lowest BCUT2D eigenvalue weighted by Gasteiger charge is -2.29. The summed E-state index contributed by atoms with van der Waals surface area (Å²) in [5.41, 5.74) is 0. The molecule has 1 heterocycles. The molecule has 1 saturated carbocycles. The molecule has 0 aromatic carbocycles. The van der Waals surface area contributed by atoms with Gasteiger partial charge >= 0.3 is 0 Å². The van der Waals surface area contributed by atoms with Crippen LogP contribution in [0.15, 0.2) is 6.07 Å². The summed E-state index contributed by atoms with van der Waals surface area (Å²) < 4.78 is 0. The second-order valence-corrected chi connectivity index (χ2v) is 5.29. The van der Waals surface area contributed by atoms with Gasteiger partial charge in [0.25, 0.3) is 0 Å². The highest BCUT2D eigenvalue weighted by Gasteiger charge is 2.20. The van der Waals surface area contributed by atoms with Crippen LogP contribution in [-0.4, -0.2) is 16.0 Å². The van der Waals surface area contributed by atoms with Gasteiger partial charge < -0.3 is 5.32 Å².